The molecule has 0 aliphatic carbocycles. The fourth-order valence-corrected chi connectivity index (χ4v) is 2.55. The molecule has 0 amide bonds. The van der Waals surface area contributed by atoms with Crippen LogP contribution in [0.2, 0.25) is 0 Å². The maximum atomic E-state index is 8.95. The minimum atomic E-state index is 0.102. The van der Waals surface area contributed by atoms with Crippen LogP contribution >= 0.6 is 15.9 Å². The predicted molar refractivity (Wildman–Crippen MR) is 76.7 cm³/mol. The van der Waals surface area contributed by atoms with Crippen molar-refractivity contribution in [1.29, 1.82) is 0 Å². The van der Waals surface area contributed by atoms with Crippen molar-refractivity contribution in [3.63, 3.8) is 0 Å². The van der Waals surface area contributed by atoms with Crippen molar-refractivity contribution in [1.82, 2.24) is 9.97 Å². The minimum Gasteiger partial charge on any atom is -0.396 e. The molecule has 0 saturated heterocycles. The molecule has 96 valence electrons. The number of imidazole rings is 1. The second-order valence-electron chi connectivity index (χ2n) is 4.57. The van der Waals surface area contributed by atoms with Crippen LogP contribution in [0.15, 0.2) is 16.7 Å². The molecule has 1 aromatic carbocycles. The van der Waals surface area contributed by atoms with Crippen molar-refractivity contribution in [2.45, 2.75) is 27.2 Å². The van der Waals surface area contributed by atoms with Gasteiger partial charge in [0.25, 0.3) is 0 Å². The summed E-state index contributed by atoms with van der Waals surface area (Å²) in [5, 5.41) is 8.95. The molecule has 0 radical (unpaired) electrons. The number of aliphatic hydroxyl groups excluding tert-OH is 1. The van der Waals surface area contributed by atoms with E-state index in [2.05, 4.69) is 58.8 Å². The molecule has 0 unspecified atom stereocenters. The third kappa shape index (κ3) is 2.49. The molecule has 2 rings (SSSR count). The van der Waals surface area contributed by atoms with Crippen LogP contribution in [0, 0.1) is 20.8 Å². The van der Waals surface area contributed by atoms with E-state index in [0.29, 0.717) is 6.42 Å². The molecule has 4 heteroatoms. The van der Waals surface area contributed by atoms with Gasteiger partial charge in [-0.1, -0.05) is 6.07 Å². The topological polar surface area (TPSA) is 48.9 Å². The van der Waals surface area contributed by atoms with E-state index < -0.39 is 0 Å². The molecule has 2 N–H and O–H groups in total. The first-order chi connectivity index (χ1) is 8.52. The van der Waals surface area contributed by atoms with Crippen LogP contribution in [0.4, 0.5) is 0 Å². The lowest BCUT2D eigenvalue weighted by Crippen LogP contribution is -1.93. The highest BCUT2D eigenvalue weighted by Crippen LogP contribution is 2.30. The van der Waals surface area contributed by atoms with Crippen LogP contribution in [0.25, 0.3) is 11.3 Å². The molecule has 0 atom stereocenters. The summed E-state index contributed by atoms with van der Waals surface area (Å²) >= 11 is 3.50. The first-order valence-corrected chi connectivity index (χ1v) is 6.75. The Kier molecular flexibility index (Phi) is 3.88. The lowest BCUT2D eigenvalue weighted by Gasteiger charge is -2.08. The van der Waals surface area contributed by atoms with E-state index in [1.807, 2.05) is 0 Å². The fourth-order valence-electron chi connectivity index (χ4n) is 2.02. The lowest BCUT2D eigenvalue weighted by atomic mass is 9.99. The number of aromatic amines is 1. The van der Waals surface area contributed by atoms with Gasteiger partial charge in [-0.15, -0.1) is 0 Å². The third-order valence-electron chi connectivity index (χ3n) is 3.15. The van der Waals surface area contributed by atoms with E-state index in [4.69, 9.17) is 5.11 Å². The number of aliphatic hydroxyl groups is 1. The van der Waals surface area contributed by atoms with Gasteiger partial charge in [-0.2, -0.15) is 0 Å². The van der Waals surface area contributed by atoms with Gasteiger partial charge in [0.2, 0.25) is 0 Å². The quantitative estimate of drug-likeness (QED) is 0.914. The van der Waals surface area contributed by atoms with Crippen LogP contribution < -0.4 is 0 Å². The van der Waals surface area contributed by atoms with E-state index in [1.54, 1.807) is 0 Å². The smallest absolute Gasteiger partial charge is 0.110 e. The molecule has 0 fully saturated rings. The highest BCUT2D eigenvalue weighted by molar-refractivity contribution is 9.10. The molecule has 2 aromatic rings. The molecule has 0 saturated carbocycles. The monoisotopic (exact) mass is 308 g/mol. The van der Waals surface area contributed by atoms with Crippen LogP contribution in [0.3, 0.4) is 0 Å². The largest absolute Gasteiger partial charge is 0.396 e. The number of halogens is 1. The zero-order valence-corrected chi connectivity index (χ0v) is 12.4. The summed E-state index contributed by atoms with van der Waals surface area (Å²) in [5.74, 6) is 0.803. The molecule has 0 aliphatic rings. The van der Waals surface area contributed by atoms with Crippen LogP contribution in [0.5, 0.6) is 0 Å². The Morgan fingerprint density at radius 3 is 2.50 bits per heavy atom. The second kappa shape index (κ2) is 5.24. The van der Waals surface area contributed by atoms with Gasteiger partial charge in [-0.05, 0) is 59.5 Å². The summed E-state index contributed by atoms with van der Waals surface area (Å²) in [5.41, 5.74) is 5.80. The Hall–Kier alpha value is -1.13. The summed E-state index contributed by atoms with van der Waals surface area (Å²) in [7, 11) is 0. The number of benzene rings is 1. The van der Waals surface area contributed by atoms with E-state index >= 15 is 0 Å². The van der Waals surface area contributed by atoms with E-state index in [-0.39, 0.29) is 6.61 Å². The molecule has 0 bridgehead atoms. The Morgan fingerprint density at radius 1 is 1.17 bits per heavy atom. The number of H-pyrrole nitrogens is 1. The zero-order chi connectivity index (χ0) is 13.3. The van der Waals surface area contributed by atoms with E-state index in [1.165, 1.54) is 16.7 Å². The summed E-state index contributed by atoms with van der Waals surface area (Å²) in [6.45, 7) is 6.41. The average molecular weight is 309 g/mol. The molecule has 3 nitrogen and oxygen atoms in total. The molecule has 0 aliphatic heterocycles. The predicted octanol–water partition coefficient (Wildman–Crippen LogP) is 3.30. The van der Waals surface area contributed by atoms with Crippen molar-refractivity contribution in [3.8, 4) is 11.3 Å². The third-order valence-corrected chi connectivity index (χ3v) is 3.73. The van der Waals surface area contributed by atoms with E-state index in [0.717, 1.165) is 21.7 Å². The van der Waals surface area contributed by atoms with Gasteiger partial charge in [0, 0.05) is 12.0 Å². The highest BCUT2D eigenvalue weighted by Gasteiger charge is 2.13. The maximum Gasteiger partial charge on any atom is 0.110 e. The normalized spacial score (nSPS) is 10.9. The van der Waals surface area contributed by atoms with Crippen molar-refractivity contribution < 1.29 is 5.11 Å². The summed E-state index contributed by atoms with van der Waals surface area (Å²) in [4.78, 5) is 7.69. The SMILES string of the molecule is Cc1cc(C)c(-c2nc(CCO)[nH]c2Br)cc1C. The van der Waals surface area contributed by atoms with Gasteiger partial charge < -0.3 is 10.1 Å². The first-order valence-electron chi connectivity index (χ1n) is 5.96. The standard InChI is InChI=1S/C14H17BrN2O/c1-8-6-10(3)11(7-9(8)2)13-14(15)17-12(16-13)4-5-18/h6-7,18H,4-5H2,1-3H3,(H,16,17). The van der Waals surface area contributed by atoms with E-state index in [9.17, 15) is 0 Å². The number of aryl methyl sites for hydroxylation is 3. The molecule has 1 aromatic heterocycles. The molecule has 0 spiro atoms. The fraction of sp³-hybridized carbons (Fsp3) is 0.357. The number of hydrogen-bond donors (Lipinski definition) is 2. The number of nitrogens with one attached hydrogen (secondary N) is 1. The molecular weight excluding hydrogens is 292 g/mol. The van der Waals surface area contributed by atoms with Gasteiger partial charge in [0.1, 0.15) is 16.1 Å². The Balaban J connectivity index is 2.51. The van der Waals surface area contributed by atoms with Gasteiger partial charge >= 0.3 is 0 Å². The van der Waals surface area contributed by atoms with Gasteiger partial charge in [-0.3, -0.25) is 0 Å². The lowest BCUT2D eigenvalue weighted by molar-refractivity contribution is 0.297. The minimum absolute atomic E-state index is 0.102. The van der Waals surface area contributed by atoms with Crippen molar-refractivity contribution in [2.75, 3.05) is 6.61 Å². The van der Waals surface area contributed by atoms with Gasteiger partial charge in [0.15, 0.2) is 0 Å². The number of nitrogens with zero attached hydrogens (tertiary/aromatic N) is 1. The Bertz CT molecular complexity index is 575. The van der Waals surface area contributed by atoms with Crippen LogP contribution in [0.1, 0.15) is 22.5 Å². The molecule has 18 heavy (non-hydrogen) atoms. The van der Waals surface area contributed by atoms with Gasteiger partial charge in [0.05, 0.1) is 6.61 Å². The van der Waals surface area contributed by atoms with Crippen molar-refractivity contribution in [2.24, 2.45) is 0 Å². The summed E-state index contributed by atoms with van der Waals surface area (Å²) in [6.07, 6.45) is 0.544. The molecular formula is C14H17BrN2O. The number of rotatable bonds is 3. The molecule has 1 heterocycles. The van der Waals surface area contributed by atoms with Crippen LogP contribution in [-0.4, -0.2) is 21.7 Å². The summed E-state index contributed by atoms with van der Waals surface area (Å²) in [6, 6.07) is 4.34. The Labute approximate surface area is 115 Å². The van der Waals surface area contributed by atoms with Crippen molar-refractivity contribution in [3.05, 3.63) is 39.3 Å². The van der Waals surface area contributed by atoms with Gasteiger partial charge in [-0.25, -0.2) is 4.98 Å². The average Bonchev–Trinajstić information content (AvgIpc) is 2.65. The highest BCUT2D eigenvalue weighted by atomic mass is 79.9. The number of aromatic nitrogens is 2. The van der Waals surface area contributed by atoms with Crippen LogP contribution in [-0.2, 0) is 6.42 Å². The zero-order valence-electron chi connectivity index (χ0n) is 10.8. The first kappa shape index (κ1) is 13.3. The maximum absolute atomic E-state index is 8.95. The van der Waals surface area contributed by atoms with Crippen molar-refractivity contribution >= 4 is 15.9 Å². The Morgan fingerprint density at radius 2 is 1.83 bits per heavy atom. The second-order valence-corrected chi connectivity index (χ2v) is 5.36. The number of hydrogen-bond acceptors (Lipinski definition) is 2. The summed E-state index contributed by atoms with van der Waals surface area (Å²) < 4.78 is 0.873.